The Hall–Kier alpha value is -4.94. The first-order valence-electron chi connectivity index (χ1n) is 14.9. The van der Waals surface area contributed by atoms with Crippen molar-refractivity contribution in [2.75, 3.05) is 6.61 Å². The molecule has 7 aromatic rings. The minimum atomic E-state index is -5.12. The number of benzene rings is 3. The van der Waals surface area contributed by atoms with E-state index in [1.807, 2.05) is 66.9 Å². The third kappa shape index (κ3) is 9.65. The zero-order valence-corrected chi connectivity index (χ0v) is 31.1. The second-order valence-corrected chi connectivity index (χ2v) is 15.4. The SMILES string of the molecule is CCOc1nc2cccc(C(=O)O)c2n1Cc1ccc(-c2ccccc2-c2nn[nH]n2)cc1.Cc1c(-c2cnccn2)ssc1=S.O=[As](O)(O)O. The summed E-state index contributed by atoms with van der Waals surface area (Å²) in [5.41, 5.74) is 7.23. The van der Waals surface area contributed by atoms with Gasteiger partial charge in [0, 0.05) is 18.0 Å². The van der Waals surface area contributed by atoms with E-state index < -0.39 is 20.5 Å². The van der Waals surface area contributed by atoms with Crippen LogP contribution < -0.4 is 4.74 Å². The number of nitrogens with one attached hydrogen (secondary N) is 1. The number of carboxylic acids is 1. The Kier molecular flexibility index (Phi) is 12.3. The van der Waals surface area contributed by atoms with E-state index in [0.29, 0.717) is 36.0 Å². The zero-order chi connectivity index (χ0) is 36.5. The second kappa shape index (κ2) is 16.8. The molecule has 15 nitrogen and oxygen atoms in total. The number of H-pyrrole nitrogens is 1. The van der Waals surface area contributed by atoms with Crippen LogP contribution >= 0.6 is 32.9 Å². The van der Waals surface area contributed by atoms with Crippen molar-refractivity contribution in [1.82, 2.24) is 40.1 Å². The van der Waals surface area contributed by atoms with Crippen LogP contribution in [-0.4, -0.2) is 84.6 Å². The molecule has 0 atom stereocenters. The number of carboxylic acid groups (broad SMARTS) is 1. The van der Waals surface area contributed by atoms with Gasteiger partial charge >= 0.3 is 36.5 Å². The third-order valence-corrected chi connectivity index (χ3v) is 10.3. The summed E-state index contributed by atoms with van der Waals surface area (Å²) in [6.07, 6.45) is 5.13. The molecule has 5 N–H and O–H groups in total. The Bertz CT molecular complexity index is 2330. The van der Waals surface area contributed by atoms with E-state index in [0.717, 1.165) is 42.2 Å². The molecule has 0 aliphatic heterocycles. The van der Waals surface area contributed by atoms with Gasteiger partial charge in [-0.1, -0.05) is 87.5 Å². The molecule has 0 spiro atoms. The topological polar surface area (TPSA) is 222 Å². The summed E-state index contributed by atoms with van der Waals surface area (Å²) in [4.78, 5) is 25.7. The summed E-state index contributed by atoms with van der Waals surface area (Å²) in [5, 5.41) is 24.0. The number of fused-ring (bicyclic) bond motifs is 1. The van der Waals surface area contributed by atoms with E-state index in [1.165, 1.54) is 0 Å². The van der Waals surface area contributed by atoms with Crippen LogP contribution in [0.25, 0.3) is 44.1 Å². The van der Waals surface area contributed by atoms with Gasteiger partial charge in [-0.15, -0.1) is 10.2 Å². The maximum atomic E-state index is 11.8. The van der Waals surface area contributed by atoms with Crippen LogP contribution in [0.5, 0.6) is 6.01 Å². The summed E-state index contributed by atoms with van der Waals surface area (Å²) in [6, 6.07) is 21.4. The fourth-order valence-corrected chi connectivity index (χ4v) is 7.67. The molecule has 0 amide bonds. The van der Waals surface area contributed by atoms with Gasteiger partial charge in [-0.2, -0.15) is 10.2 Å². The third-order valence-electron chi connectivity index (χ3n) is 7.00. The number of aromatic carboxylic acids is 1. The van der Waals surface area contributed by atoms with E-state index in [-0.39, 0.29) is 5.56 Å². The number of aromatic amines is 1. The van der Waals surface area contributed by atoms with Crippen molar-refractivity contribution >= 4 is 64.4 Å². The molecule has 262 valence electrons. The fourth-order valence-electron chi connectivity index (χ4n) is 4.85. The molecular formula is C32H29AsN8O7S3. The number of tetrazole rings is 1. The quantitative estimate of drug-likeness (QED) is 0.0760. The molecule has 0 fully saturated rings. The predicted molar refractivity (Wildman–Crippen MR) is 194 cm³/mol. The van der Waals surface area contributed by atoms with Gasteiger partial charge in [-0.3, -0.25) is 14.5 Å². The Morgan fingerprint density at radius 3 is 2.31 bits per heavy atom. The number of ether oxygens (including phenoxy) is 1. The molecule has 0 saturated carbocycles. The average Bonchev–Trinajstić information content (AvgIpc) is 3.85. The van der Waals surface area contributed by atoms with Gasteiger partial charge < -0.3 is 9.84 Å². The summed E-state index contributed by atoms with van der Waals surface area (Å²) in [7, 11) is 3.28. The number of hydrogen-bond donors (Lipinski definition) is 5. The Morgan fingerprint density at radius 1 is 1.00 bits per heavy atom. The van der Waals surface area contributed by atoms with Crippen LogP contribution in [0.15, 0.2) is 85.3 Å². The normalized spacial score (nSPS) is 10.9. The van der Waals surface area contributed by atoms with E-state index in [1.54, 1.807) is 57.5 Å². The van der Waals surface area contributed by atoms with Gasteiger partial charge in [0.05, 0.1) is 46.5 Å². The minimum absolute atomic E-state index is 0.191. The van der Waals surface area contributed by atoms with Crippen molar-refractivity contribution in [3.8, 4) is 39.1 Å². The Morgan fingerprint density at radius 2 is 1.73 bits per heavy atom. The first-order valence-corrected chi connectivity index (χ1v) is 20.7. The van der Waals surface area contributed by atoms with Crippen LogP contribution in [0.2, 0.25) is 0 Å². The van der Waals surface area contributed by atoms with Gasteiger partial charge in [0.25, 0.3) is 6.01 Å². The molecule has 51 heavy (non-hydrogen) atoms. The molecule has 0 saturated heterocycles. The number of nitrogens with zero attached hydrogens (tertiary/aromatic N) is 7. The molecule has 3 aromatic carbocycles. The van der Waals surface area contributed by atoms with Gasteiger partial charge in [0.15, 0.2) is 0 Å². The van der Waals surface area contributed by atoms with Crippen molar-refractivity contribution in [2.24, 2.45) is 0 Å². The Labute approximate surface area is 305 Å². The van der Waals surface area contributed by atoms with E-state index in [4.69, 9.17) is 33.0 Å². The van der Waals surface area contributed by atoms with E-state index in [9.17, 15) is 9.90 Å². The number of imidazole rings is 1. The summed E-state index contributed by atoms with van der Waals surface area (Å²) < 4.78 is 39.2. The average molecular weight is 809 g/mol. The molecule has 4 aromatic heterocycles. The second-order valence-electron chi connectivity index (χ2n) is 10.4. The van der Waals surface area contributed by atoms with Gasteiger partial charge in [0.2, 0.25) is 5.82 Å². The summed E-state index contributed by atoms with van der Waals surface area (Å²) in [5.74, 6) is -0.472. The first-order chi connectivity index (χ1) is 24.4. The number of aromatic nitrogens is 8. The standard InChI is InChI=1S/C24H20N6O3.C8H6N2S3.AsH3O4/c1-2-33-24-25-20-9-5-8-19(23(31)32)21(20)30(24)14-15-10-12-16(13-11-15)17-6-3-4-7-18(17)22-26-28-29-27-22;1-5-7(12-13-8(5)11)6-4-9-2-3-10-6;2-1(3,4)5/h3-13H,2,14H2,1H3,(H,31,32)(H,26,27,28,29);2-4H,1H3;(H3,2,3,4,5). The molecule has 0 unspecified atom stereocenters. The van der Waals surface area contributed by atoms with E-state index >= 15 is 0 Å². The summed E-state index contributed by atoms with van der Waals surface area (Å²) in [6.45, 7) is 4.75. The molecule has 7 rings (SSSR count). The number of hydrogen-bond acceptors (Lipinski definition) is 12. The molecule has 0 aliphatic carbocycles. The van der Waals surface area contributed by atoms with Crippen LogP contribution in [0.3, 0.4) is 0 Å². The van der Waals surface area contributed by atoms with Crippen molar-refractivity contribution in [2.45, 2.75) is 20.4 Å². The predicted octanol–water partition coefficient (Wildman–Crippen LogP) is 5.16. The number of carbonyl (C=O) groups is 1. The Balaban J connectivity index is 0.000000230. The van der Waals surface area contributed by atoms with Crippen LogP contribution in [0.4, 0.5) is 0 Å². The van der Waals surface area contributed by atoms with Crippen molar-refractivity contribution in [3.05, 3.63) is 106 Å². The van der Waals surface area contributed by atoms with Crippen molar-refractivity contribution < 1.29 is 30.7 Å². The van der Waals surface area contributed by atoms with Crippen LogP contribution in [0.1, 0.15) is 28.4 Å². The molecule has 0 radical (unpaired) electrons. The maximum absolute atomic E-state index is 11.8. The van der Waals surface area contributed by atoms with Crippen molar-refractivity contribution in [1.29, 1.82) is 0 Å². The molecule has 0 aliphatic rings. The monoisotopic (exact) mass is 808 g/mol. The zero-order valence-electron chi connectivity index (χ0n) is 26.8. The molecule has 19 heteroatoms. The van der Waals surface area contributed by atoms with Crippen molar-refractivity contribution in [3.63, 3.8) is 0 Å². The van der Waals surface area contributed by atoms with Gasteiger partial charge in [-0.25, -0.2) is 4.79 Å². The fraction of sp³-hybridized carbons (Fsp3) is 0.125. The first kappa shape index (κ1) is 37.3. The molecule has 4 heterocycles. The van der Waals surface area contributed by atoms with E-state index in [2.05, 4.69) is 35.6 Å². The van der Waals surface area contributed by atoms with Crippen LogP contribution in [-0.2, 0) is 10.3 Å². The van der Waals surface area contributed by atoms with Gasteiger partial charge in [0.1, 0.15) is 3.82 Å². The summed E-state index contributed by atoms with van der Waals surface area (Å²) >= 11 is 0.0298. The van der Waals surface area contributed by atoms with Gasteiger partial charge in [-0.05, 0) is 53.4 Å². The molecular weight excluding hydrogens is 780 g/mol. The van der Waals surface area contributed by atoms with Crippen LogP contribution in [0, 0.1) is 10.7 Å². The number of rotatable bonds is 8. The number of para-hydroxylation sites is 1. The molecule has 0 bridgehead atoms.